The van der Waals surface area contributed by atoms with Crippen molar-refractivity contribution in [1.82, 2.24) is 14.9 Å². The first-order chi connectivity index (χ1) is 16.7. The smallest absolute Gasteiger partial charge is 0.288 e. The molecule has 1 saturated heterocycles. The predicted molar refractivity (Wildman–Crippen MR) is 140 cm³/mol. The van der Waals surface area contributed by atoms with Gasteiger partial charge in [-0.2, -0.15) is 4.98 Å². The Labute approximate surface area is 216 Å². The van der Waals surface area contributed by atoms with E-state index >= 15 is 0 Å². The molecule has 0 aliphatic carbocycles. The maximum Gasteiger partial charge on any atom is 0.288 e. The Balaban J connectivity index is 1.42. The van der Waals surface area contributed by atoms with E-state index in [9.17, 15) is 19.7 Å². The number of halogens is 2. The molecule has 0 radical (unpaired) electrons. The second-order valence-corrected chi connectivity index (χ2v) is 10.4. The fraction of sp³-hybridized carbons (Fsp3) is 0.217. The number of hydrogen-bond donors (Lipinski definition) is 0. The number of benzene rings is 2. The molecule has 0 N–H and O–H groups in total. The third-order valence-electron chi connectivity index (χ3n) is 5.82. The molecule has 0 spiro atoms. The third kappa shape index (κ3) is 4.46. The highest BCUT2D eigenvalue weighted by atomic mass is 79.9. The van der Waals surface area contributed by atoms with Crippen molar-refractivity contribution in [3.63, 3.8) is 0 Å². The van der Waals surface area contributed by atoms with Crippen LogP contribution in [-0.4, -0.2) is 51.9 Å². The SMILES string of the molecule is Cc1cc(C(=O)N2CCN(c3nc(=O)c4cc(Cl)cc([N+](=O)[O-])c4s3)CC2)c2cc(Br)ccc2n1. The average molecular weight is 575 g/mol. The summed E-state index contributed by atoms with van der Waals surface area (Å²) in [6, 6.07) is 10.1. The van der Waals surface area contributed by atoms with Crippen LogP contribution in [0, 0.1) is 17.0 Å². The molecule has 35 heavy (non-hydrogen) atoms. The van der Waals surface area contributed by atoms with E-state index in [0.29, 0.717) is 36.9 Å². The number of nitro groups is 1. The number of piperazine rings is 1. The average Bonchev–Trinajstić information content (AvgIpc) is 2.83. The van der Waals surface area contributed by atoms with Gasteiger partial charge in [-0.1, -0.05) is 38.9 Å². The Morgan fingerprint density at radius 3 is 2.57 bits per heavy atom. The lowest BCUT2D eigenvalue weighted by Gasteiger charge is -2.35. The van der Waals surface area contributed by atoms with Crippen molar-refractivity contribution in [2.24, 2.45) is 0 Å². The molecule has 1 aliphatic heterocycles. The van der Waals surface area contributed by atoms with Gasteiger partial charge in [0.25, 0.3) is 17.2 Å². The van der Waals surface area contributed by atoms with Gasteiger partial charge in [0.2, 0.25) is 0 Å². The second-order valence-electron chi connectivity index (χ2n) is 8.11. The maximum atomic E-state index is 13.4. The van der Waals surface area contributed by atoms with Crippen molar-refractivity contribution in [1.29, 1.82) is 0 Å². The summed E-state index contributed by atoms with van der Waals surface area (Å²) in [6.45, 7) is 3.56. The van der Waals surface area contributed by atoms with Crippen LogP contribution in [0.15, 0.2) is 45.7 Å². The number of non-ortho nitro benzene ring substituents is 1. The van der Waals surface area contributed by atoms with Gasteiger partial charge in [-0.3, -0.25) is 24.7 Å². The van der Waals surface area contributed by atoms with Crippen LogP contribution in [0.3, 0.4) is 0 Å². The lowest BCUT2D eigenvalue weighted by molar-refractivity contribution is -0.382. The molecule has 0 unspecified atom stereocenters. The number of aromatic nitrogens is 2. The molecule has 12 heteroatoms. The van der Waals surface area contributed by atoms with Crippen molar-refractivity contribution in [2.45, 2.75) is 6.92 Å². The van der Waals surface area contributed by atoms with Crippen molar-refractivity contribution in [3.05, 3.63) is 77.6 Å². The molecule has 9 nitrogen and oxygen atoms in total. The molecule has 1 aliphatic rings. The normalized spacial score (nSPS) is 14.0. The quantitative estimate of drug-likeness (QED) is 0.255. The first-order valence-electron chi connectivity index (χ1n) is 10.6. The molecule has 0 saturated carbocycles. The van der Waals surface area contributed by atoms with E-state index in [0.717, 1.165) is 32.4 Å². The lowest BCUT2D eigenvalue weighted by Crippen LogP contribution is -2.49. The summed E-state index contributed by atoms with van der Waals surface area (Å²) in [7, 11) is 0. The molecule has 0 atom stereocenters. The topological polar surface area (TPSA) is 110 Å². The summed E-state index contributed by atoms with van der Waals surface area (Å²) < 4.78 is 1.10. The number of fused-ring (bicyclic) bond motifs is 2. The molecule has 2 aromatic heterocycles. The molecule has 2 aromatic carbocycles. The Morgan fingerprint density at radius 1 is 1.11 bits per heavy atom. The molecule has 178 valence electrons. The summed E-state index contributed by atoms with van der Waals surface area (Å²) in [5, 5.41) is 12.9. The third-order valence-corrected chi connectivity index (χ3v) is 7.70. The van der Waals surface area contributed by atoms with Crippen molar-refractivity contribution >= 4 is 76.6 Å². The lowest BCUT2D eigenvalue weighted by atomic mass is 10.1. The number of nitrogens with zero attached hydrogens (tertiary/aromatic N) is 5. The molecule has 4 aromatic rings. The van der Waals surface area contributed by atoms with Gasteiger partial charge in [-0.15, -0.1) is 0 Å². The van der Waals surface area contributed by atoms with Crippen LogP contribution in [0.2, 0.25) is 5.02 Å². The van der Waals surface area contributed by atoms with Gasteiger partial charge >= 0.3 is 0 Å². The summed E-state index contributed by atoms with van der Waals surface area (Å²) in [5.41, 5.74) is 1.30. The van der Waals surface area contributed by atoms with E-state index in [1.165, 1.54) is 12.1 Å². The Morgan fingerprint density at radius 2 is 1.86 bits per heavy atom. The monoisotopic (exact) mass is 573 g/mol. The molecule has 1 amide bonds. The van der Waals surface area contributed by atoms with Crippen LogP contribution < -0.4 is 10.5 Å². The number of pyridine rings is 1. The first-order valence-corrected chi connectivity index (χ1v) is 12.6. The van der Waals surface area contributed by atoms with Gasteiger partial charge < -0.3 is 9.80 Å². The summed E-state index contributed by atoms with van der Waals surface area (Å²) in [4.78, 5) is 49.3. The van der Waals surface area contributed by atoms with Gasteiger partial charge in [0.05, 0.1) is 21.4 Å². The largest absolute Gasteiger partial charge is 0.344 e. The zero-order valence-electron chi connectivity index (χ0n) is 18.3. The zero-order chi connectivity index (χ0) is 24.9. The van der Waals surface area contributed by atoms with Gasteiger partial charge in [-0.05, 0) is 37.3 Å². The van der Waals surface area contributed by atoms with E-state index in [2.05, 4.69) is 25.9 Å². The summed E-state index contributed by atoms with van der Waals surface area (Å²) in [5.74, 6) is -0.0943. The molecule has 0 bridgehead atoms. The number of anilines is 1. The van der Waals surface area contributed by atoms with Gasteiger partial charge in [0.1, 0.15) is 4.70 Å². The van der Waals surface area contributed by atoms with Crippen LogP contribution in [0.1, 0.15) is 16.1 Å². The molecule has 5 rings (SSSR count). The van der Waals surface area contributed by atoms with Crippen LogP contribution >= 0.6 is 38.9 Å². The zero-order valence-corrected chi connectivity index (χ0v) is 21.5. The van der Waals surface area contributed by atoms with E-state index in [1.54, 1.807) is 11.0 Å². The van der Waals surface area contributed by atoms with E-state index in [-0.39, 0.29) is 26.7 Å². The summed E-state index contributed by atoms with van der Waals surface area (Å²) in [6.07, 6.45) is 0. The Hall–Kier alpha value is -3.15. The predicted octanol–water partition coefficient (Wildman–Crippen LogP) is 4.80. The van der Waals surface area contributed by atoms with Crippen LogP contribution in [-0.2, 0) is 0 Å². The van der Waals surface area contributed by atoms with Crippen LogP contribution in [0.4, 0.5) is 10.8 Å². The van der Waals surface area contributed by atoms with Crippen molar-refractivity contribution in [2.75, 3.05) is 31.1 Å². The van der Waals surface area contributed by atoms with E-state index < -0.39 is 10.5 Å². The fourth-order valence-corrected chi connectivity index (χ4v) is 5.85. The summed E-state index contributed by atoms with van der Waals surface area (Å²) >= 11 is 10.5. The van der Waals surface area contributed by atoms with Gasteiger partial charge in [0, 0.05) is 52.8 Å². The molecular weight excluding hydrogens is 558 g/mol. The Kier molecular flexibility index (Phi) is 6.16. The fourth-order valence-electron chi connectivity index (χ4n) is 4.16. The highest BCUT2D eigenvalue weighted by molar-refractivity contribution is 9.10. The van der Waals surface area contributed by atoms with Crippen molar-refractivity contribution < 1.29 is 9.72 Å². The molecular formula is C23H17BrClN5O4S. The highest BCUT2D eigenvalue weighted by Gasteiger charge is 2.26. The molecule has 3 heterocycles. The number of rotatable bonds is 3. The van der Waals surface area contributed by atoms with Gasteiger partial charge in [-0.25, -0.2) is 0 Å². The number of amides is 1. The van der Waals surface area contributed by atoms with Crippen molar-refractivity contribution in [3.8, 4) is 0 Å². The standard InChI is InChI=1S/C23H17BrClN5O4S/c1-12-8-16(15-9-13(24)2-3-18(15)26-12)22(32)28-4-6-29(7-5-28)23-27-21(31)17-10-14(25)11-19(30(33)34)20(17)35-23/h2-3,8-11H,4-7H2,1H3. The van der Waals surface area contributed by atoms with E-state index in [4.69, 9.17) is 11.6 Å². The Bertz CT molecular complexity index is 1590. The highest BCUT2D eigenvalue weighted by Crippen LogP contribution is 2.34. The van der Waals surface area contributed by atoms with Gasteiger partial charge in [0.15, 0.2) is 5.13 Å². The minimum absolute atomic E-state index is 0.0943. The first kappa shape index (κ1) is 23.6. The number of carbonyl (C=O) groups is 1. The van der Waals surface area contributed by atoms with E-state index in [1.807, 2.05) is 30.0 Å². The minimum Gasteiger partial charge on any atom is -0.344 e. The number of aryl methyl sites for hydroxylation is 1. The second kappa shape index (κ2) is 9.14. The molecule has 1 fully saturated rings. The van der Waals surface area contributed by atoms with Crippen LogP contribution in [0.5, 0.6) is 0 Å². The number of hydrogen-bond acceptors (Lipinski definition) is 8. The number of carbonyl (C=O) groups excluding carboxylic acids is 1. The number of nitro benzene ring substituents is 1. The minimum atomic E-state index is -0.567. The van der Waals surface area contributed by atoms with Crippen LogP contribution in [0.25, 0.3) is 21.0 Å². The maximum absolute atomic E-state index is 13.4.